The van der Waals surface area contributed by atoms with Gasteiger partial charge in [0.2, 0.25) is 5.91 Å². The number of carbonyl (C=O) groups is 2. The molecule has 1 aliphatic heterocycles. The highest BCUT2D eigenvalue weighted by Crippen LogP contribution is 2.24. The van der Waals surface area contributed by atoms with Crippen LogP contribution >= 0.6 is 11.6 Å². The number of nitrogens with one attached hydrogen (secondary N) is 1. The van der Waals surface area contributed by atoms with Crippen LogP contribution in [0.2, 0.25) is 5.02 Å². The van der Waals surface area contributed by atoms with Gasteiger partial charge in [-0.25, -0.2) is 0 Å². The summed E-state index contributed by atoms with van der Waals surface area (Å²) < 4.78 is 5.72. The molecule has 5 nitrogen and oxygen atoms in total. The van der Waals surface area contributed by atoms with E-state index < -0.39 is 0 Å². The maximum Gasteiger partial charge on any atom is 0.225 e. The number of nitrogens with zero attached hydrogens (tertiary/aromatic N) is 1. The zero-order valence-electron chi connectivity index (χ0n) is 16.2. The first-order valence-electron chi connectivity index (χ1n) is 9.49. The Kier molecular flexibility index (Phi) is 6.83. The third-order valence-electron chi connectivity index (χ3n) is 4.69. The van der Waals surface area contributed by atoms with Gasteiger partial charge in [0.25, 0.3) is 0 Å². The van der Waals surface area contributed by atoms with Crippen molar-refractivity contribution in [1.82, 2.24) is 4.90 Å². The quantitative estimate of drug-likeness (QED) is 0.744. The van der Waals surface area contributed by atoms with Crippen LogP contribution in [-0.2, 0) is 9.53 Å². The van der Waals surface area contributed by atoms with Gasteiger partial charge in [0.1, 0.15) is 0 Å². The van der Waals surface area contributed by atoms with E-state index in [1.807, 2.05) is 19.9 Å². The van der Waals surface area contributed by atoms with Crippen LogP contribution < -0.4 is 5.32 Å². The van der Waals surface area contributed by atoms with Crippen molar-refractivity contribution in [3.63, 3.8) is 0 Å². The second-order valence-corrected chi connectivity index (χ2v) is 7.64. The fourth-order valence-corrected chi connectivity index (χ4v) is 3.67. The molecule has 6 heteroatoms. The fraction of sp³-hybridized carbons (Fsp3) is 0.364. The number of ether oxygens (including phenoxy) is 1. The number of halogens is 1. The van der Waals surface area contributed by atoms with Crippen molar-refractivity contribution in [2.45, 2.75) is 32.5 Å². The smallest absolute Gasteiger partial charge is 0.225 e. The largest absolute Gasteiger partial charge is 0.373 e. The molecule has 0 saturated carbocycles. The maximum atomic E-state index is 12.8. The molecule has 0 unspecified atom stereocenters. The minimum atomic E-state index is -0.172. The van der Waals surface area contributed by atoms with E-state index in [9.17, 15) is 9.59 Å². The minimum absolute atomic E-state index is 0.128. The molecule has 0 radical (unpaired) electrons. The van der Waals surface area contributed by atoms with Crippen molar-refractivity contribution in [2.24, 2.45) is 0 Å². The Hall–Kier alpha value is -2.21. The fourth-order valence-electron chi connectivity index (χ4n) is 3.50. The lowest BCUT2D eigenvalue weighted by atomic mass is 10.0. The van der Waals surface area contributed by atoms with E-state index in [1.54, 1.807) is 42.5 Å². The van der Waals surface area contributed by atoms with Crippen LogP contribution in [0.3, 0.4) is 0 Å². The molecule has 1 aliphatic rings. The lowest BCUT2D eigenvalue weighted by molar-refractivity contribution is -0.117. The third kappa shape index (κ3) is 5.41. The van der Waals surface area contributed by atoms with Crippen molar-refractivity contribution >= 4 is 29.0 Å². The Morgan fingerprint density at radius 2 is 1.79 bits per heavy atom. The normalized spacial score (nSPS) is 20.0. The van der Waals surface area contributed by atoms with Gasteiger partial charge < -0.3 is 10.1 Å². The van der Waals surface area contributed by atoms with E-state index >= 15 is 0 Å². The summed E-state index contributed by atoms with van der Waals surface area (Å²) in [5.74, 6) is -0.300. The monoisotopic (exact) mass is 400 g/mol. The van der Waals surface area contributed by atoms with Crippen LogP contribution in [0.15, 0.2) is 48.5 Å². The molecule has 3 rings (SSSR count). The zero-order valence-corrected chi connectivity index (χ0v) is 16.9. The molecular weight excluding hydrogens is 376 g/mol. The molecule has 0 bridgehead atoms. The molecular formula is C22H25ClN2O3. The number of ketones is 1. The number of benzene rings is 2. The SMILES string of the molecule is C[C@H]1CN(CCC(=O)Nc2ccc(Cl)cc2C(=O)c2ccccc2)C[C@H](C)O1. The molecule has 2 atom stereocenters. The first-order chi connectivity index (χ1) is 13.4. The standard InChI is InChI=1S/C22H25ClN2O3/c1-15-13-25(14-16(2)28-15)11-10-21(26)24-20-9-8-18(23)12-19(20)22(27)17-6-4-3-5-7-17/h3-9,12,15-16H,10-11,13-14H2,1-2H3,(H,24,26)/t15-,16-/m0/s1. The topological polar surface area (TPSA) is 58.6 Å². The van der Waals surface area contributed by atoms with E-state index in [0.717, 1.165) is 13.1 Å². The summed E-state index contributed by atoms with van der Waals surface area (Å²) in [5, 5.41) is 3.33. The number of carbonyl (C=O) groups excluding carboxylic acids is 2. The predicted octanol–water partition coefficient (Wildman–Crippen LogP) is 4.01. The Bertz CT molecular complexity index is 831. The highest BCUT2D eigenvalue weighted by Gasteiger charge is 2.22. The lowest BCUT2D eigenvalue weighted by Gasteiger charge is -2.35. The zero-order chi connectivity index (χ0) is 20.1. The molecule has 0 spiro atoms. The summed E-state index contributed by atoms with van der Waals surface area (Å²) in [5.41, 5.74) is 1.42. The highest BCUT2D eigenvalue weighted by atomic mass is 35.5. The molecule has 0 aromatic heterocycles. The second kappa shape index (κ2) is 9.32. The molecule has 1 fully saturated rings. The van der Waals surface area contributed by atoms with Gasteiger partial charge in [-0.2, -0.15) is 0 Å². The summed E-state index contributed by atoms with van der Waals surface area (Å²) in [7, 11) is 0. The first-order valence-corrected chi connectivity index (χ1v) is 9.87. The summed E-state index contributed by atoms with van der Waals surface area (Å²) in [6, 6.07) is 13.9. The van der Waals surface area contributed by atoms with Crippen molar-refractivity contribution in [2.75, 3.05) is 25.0 Å². The van der Waals surface area contributed by atoms with Crippen molar-refractivity contribution in [3.05, 3.63) is 64.7 Å². The molecule has 1 saturated heterocycles. The summed E-state index contributed by atoms with van der Waals surface area (Å²) in [6.45, 7) is 6.36. The van der Waals surface area contributed by atoms with Gasteiger partial charge in [0.05, 0.1) is 17.9 Å². The van der Waals surface area contributed by atoms with Crippen molar-refractivity contribution in [1.29, 1.82) is 0 Å². The summed E-state index contributed by atoms with van der Waals surface area (Å²) in [6.07, 6.45) is 0.678. The van der Waals surface area contributed by atoms with E-state index in [0.29, 0.717) is 34.8 Å². The third-order valence-corrected chi connectivity index (χ3v) is 4.92. The minimum Gasteiger partial charge on any atom is -0.373 e. The van der Waals surface area contributed by atoms with Crippen molar-refractivity contribution in [3.8, 4) is 0 Å². The van der Waals surface area contributed by atoms with Gasteiger partial charge in [-0.05, 0) is 32.0 Å². The average Bonchev–Trinajstić information content (AvgIpc) is 2.67. The number of morpholine rings is 1. The van der Waals surface area contributed by atoms with E-state index in [2.05, 4.69) is 10.2 Å². The van der Waals surface area contributed by atoms with Gasteiger partial charge in [-0.1, -0.05) is 41.9 Å². The maximum absolute atomic E-state index is 12.8. The van der Waals surface area contributed by atoms with Gasteiger partial charge in [-0.3, -0.25) is 14.5 Å². The second-order valence-electron chi connectivity index (χ2n) is 7.20. The molecule has 1 amide bonds. The molecule has 1 N–H and O–H groups in total. The molecule has 1 heterocycles. The molecule has 2 aromatic carbocycles. The van der Waals surface area contributed by atoms with Crippen molar-refractivity contribution < 1.29 is 14.3 Å². The number of hydrogen-bond acceptors (Lipinski definition) is 4. The van der Waals surface area contributed by atoms with Crippen LogP contribution in [0.4, 0.5) is 5.69 Å². The Labute approximate surface area is 170 Å². The summed E-state index contributed by atoms with van der Waals surface area (Å²) >= 11 is 6.09. The van der Waals surface area contributed by atoms with Crippen LogP contribution in [0.5, 0.6) is 0 Å². The van der Waals surface area contributed by atoms with E-state index in [1.165, 1.54) is 0 Å². The van der Waals surface area contributed by atoms with Crippen LogP contribution in [0, 0.1) is 0 Å². The van der Waals surface area contributed by atoms with Crippen LogP contribution in [0.25, 0.3) is 0 Å². The highest BCUT2D eigenvalue weighted by molar-refractivity contribution is 6.31. The molecule has 148 valence electrons. The Morgan fingerprint density at radius 3 is 2.46 bits per heavy atom. The van der Waals surface area contributed by atoms with Gasteiger partial charge in [-0.15, -0.1) is 0 Å². The van der Waals surface area contributed by atoms with Gasteiger partial charge in [0, 0.05) is 42.2 Å². The Balaban J connectivity index is 1.67. The van der Waals surface area contributed by atoms with Gasteiger partial charge in [0.15, 0.2) is 5.78 Å². The van der Waals surface area contributed by atoms with Crippen LogP contribution in [-0.4, -0.2) is 48.4 Å². The summed E-state index contributed by atoms with van der Waals surface area (Å²) in [4.78, 5) is 27.6. The lowest BCUT2D eigenvalue weighted by Crippen LogP contribution is -2.46. The number of rotatable bonds is 6. The number of amides is 1. The van der Waals surface area contributed by atoms with E-state index in [4.69, 9.17) is 16.3 Å². The number of anilines is 1. The van der Waals surface area contributed by atoms with E-state index in [-0.39, 0.29) is 23.9 Å². The molecule has 2 aromatic rings. The molecule has 0 aliphatic carbocycles. The predicted molar refractivity (Wildman–Crippen MR) is 111 cm³/mol. The van der Waals surface area contributed by atoms with Gasteiger partial charge >= 0.3 is 0 Å². The number of hydrogen-bond donors (Lipinski definition) is 1. The Morgan fingerprint density at radius 1 is 1.11 bits per heavy atom. The first kappa shape index (κ1) is 20.5. The molecule has 28 heavy (non-hydrogen) atoms. The average molecular weight is 401 g/mol. The van der Waals surface area contributed by atoms with Crippen LogP contribution in [0.1, 0.15) is 36.2 Å².